The van der Waals surface area contributed by atoms with Gasteiger partial charge in [0.25, 0.3) is 0 Å². The lowest BCUT2D eigenvalue weighted by atomic mass is 10.3. The van der Waals surface area contributed by atoms with Gasteiger partial charge in [0.15, 0.2) is 0 Å². The summed E-state index contributed by atoms with van der Waals surface area (Å²) in [5.41, 5.74) is 2.32. The van der Waals surface area contributed by atoms with Crippen LogP contribution in [-0.4, -0.2) is 0 Å². The quantitative estimate of drug-likeness (QED) is 0.509. The molecule has 1 nitrogen and oxygen atoms in total. The summed E-state index contributed by atoms with van der Waals surface area (Å²) >= 11 is 15.8. The second-order valence-electron chi connectivity index (χ2n) is 3.34. The third kappa shape index (κ3) is 3.56. The molecule has 0 aliphatic rings. The molecule has 0 unspecified atom stereocenters. The minimum atomic E-state index is 0.795. The lowest BCUT2D eigenvalue weighted by Gasteiger charge is -2.11. The van der Waals surface area contributed by atoms with E-state index in [1.54, 1.807) is 11.3 Å². The van der Waals surface area contributed by atoms with Crippen molar-refractivity contribution in [3.63, 3.8) is 0 Å². The van der Waals surface area contributed by atoms with Crippen LogP contribution in [0.25, 0.3) is 0 Å². The molecule has 1 heterocycles. The molecule has 2 rings (SSSR count). The zero-order valence-electron chi connectivity index (χ0n) is 8.44. The Morgan fingerprint density at radius 2 is 1.59 bits per heavy atom. The lowest BCUT2D eigenvalue weighted by molar-refractivity contribution is 1.14. The van der Waals surface area contributed by atoms with E-state index in [0.29, 0.717) is 0 Å². The summed E-state index contributed by atoms with van der Waals surface area (Å²) in [5, 5.41) is 7.64. The standard InChI is InChI=1S/C11H7Br4NS/c12-7-1-8(13)11(9(14)2-7)16-3-6-4-17-5-10(6)15/h1-2,4-5,16H,3H2. The molecule has 0 saturated carbocycles. The highest BCUT2D eigenvalue weighted by molar-refractivity contribution is 9.11. The molecule has 0 spiro atoms. The molecule has 0 saturated heterocycles. The lowest BCUT2D eigenvalue weighted by Crippen LogP contribution is -2.00. The highest BCUT2D eigenvalue weighted by Crippen LogP contribution is 2.35. The van der Waals surface area contributed by atoms with Gasteiger partial charge < -0.3 is 5.32 Å². The van der Waals surface area contributed by atoms with Crippen LogP contribution in [0.15, 0.2) is 40.8 Å². The zero-order chi connectivity index (χ0) is 12.4. The predicted octanol–water partition coefficient (Wildman–Crippen LogP) is 6.41. The summed E-state index contributed by atoms with van der Waals surface area (Å²) in [7, 11) is 0. The van der Waals surface area contributed by atoms with Gasteiger partial charge in [0.05, 0.1) is 5.69 Å². The van der Waals surface area contributed by atoms with E-state index >= 15 is 0 Å². The number of nitrogens with one attached hydrogen (secondary N) is 1. The normalized spacial score (nSPS) is 10.6. The van der Waals surface area contributed by atoms with Crippen molar-refractivity contribution < 1.29 is 0 Å². The van der Waals surface area contributed by atoms with Crippen LogP contribution >= 0.6 is 75.1 Å². The van der Waals surface area contributed by atoms with Gasteiger partial charge in [-0.15, -0.1) is 0 Å². The average Bonchev–Trinajstić information content (AvgIpc) is 2.62. The van der Waals surface area contributed by atoms with Gasteiger partial charge in [-0.25, -0.2) is 0 Å². The van der Waals surface area contributed by atoms with Crippen LogP contribution in [0, 0.1) is 0 Å². The van der Waals surface area contributed by atoms with Gasteiger partial charge in [-0.3, -0.25) is 0 Å². The highest BCUT2D eigenvalue weighted by atomic mass is 79.9. The fourth-order valence-corrected chi connectivity index (χ4v) is 5.31. The number of anilines is 1. The van der Waals surface area contributed by atoms with Crippen molar-refractivity contribution >= 4 is 80.7 Å². The van der Waals surface area contributed by atoms with E-state index in [0.717, 1.165) is 30.1 Å². The number of hydrogen-bond acceptors (Lipinski definition) is 2. The molecule has 6 heteroatoms. The van der Waals surface area contributed by atoms with E-state index < -0.39 is 0 Å². The van der Waals surface area contributed by atoms with Crippen molar-refractivity contribution in [3.05, 3.63) is 46.3 Å². The third-order valence-corrected chi connectivity index (χ3v) is 5.69. The molecular weight excluding hydrogens is 498 g/mol. The Morgan fingerprint density at radius 1 is 0.941 bits per heavy atom. The van der Waals surface area contributed by atoms with E-state index in [1.807, 2.05) is 12.1 Å². The first-order chi connectivity index (χ1) is 8.08. The zero-order valence-corrected chi connectivity index (χ0v) is 15.6. The molecule has 0 aliphatic heterocycles. The van der Waals surface area contributed by atoms with Crippen molar-refractivity contribution in [2.75, 3.05) is 5.32 Å². The first-order valence-electron chi connectivity index (χ1n) is 4.67. The van der Waals surface area contributed by atoms with Gasteiger partial charge in [0.1, 0.15) is 0 Å². The van der Waals surface area contributed by atoms with Gasteiger partial charge in [-0.05, 0) is 70.9 Å². The Labute approximate surface area is 138 Å². The maximum Gasteiger partial charge on any atom is 0.0632 e. The summed E-state index contributed by atoms with van der Waals surface area (Å²) in [6.07, 6.45) is 0. The van der Waals surface area contributed by atoms with E-state index in [4.69, 9.17) is 0 Å². The second kappa shape index (κ2) is 6.19. The second-order valence-corrected chi connectivity index (χ2v) is 7.57. The van der Waals surface area contributed by atoms with Crippen LogP contribution in [0.1, 0.15) is 5.56 Å². The Kier molecular flexibility index (Phi) is 5.12. The Bertz CT molecular complexity index is 515. The van der Waals surface area contributed by atoms with Gasteiger partial charge in [0, 0.05) is 29.8 Å². The molecule has 0 fully saturated rings. The molecule has 0 atom stereocenters. The van der Waals surface area contributed by atoms with Gasteiger partial charge in [-0.2, -0.15) is 11.3 Å². The Balaban J connectivity index is 2.17. The third-order valence-electron chi connectivity index (χ3n) is 2.15. The molecular formula is C11H7Br4NS. The number of halogens is 4. The van der Waals surface area contributed by atoms with Gasteiger partial charge in [0.2, 0.25) is 0 Å². The Morgan fingerprint density at radius 3 is 2.12 bits per heavy atom. The molecule has 2 aromatic rings. The summed E-state index contributed by atoms with van der Waals surface area (Å²) in [6.45, 7) is 0.795. The number of benzene rings is 1. The van der Waals surface area contributed by atoms with E-state index in [9.17, 15) is 0 Å². The molecule has 0 amide bonds. The van der Waals surface area contributed by atoms with Crippen LogP contribution in [0.5, 0.6) is 0 Å². The van der Waals surface area contributed by atoms with Crippen molar-refractivity contribution in [1.29, 1.82) is 0 Å². The fraction of sp³-hybridized carbons (Fsp3) is 0.0909. The maximum atomic E-state index is 3.55. The summed E-state index contributed by atoms with van der Waals surface area (Å²) < 4.78 is 4.26. The van der Waals surface area contributed by atoms with Crippen molar-refractivity contribution in [3.8, 4) is 0 Å². The molecule has 0 bridgehead atoms. The van der Waals surface area contributed by atoms with E-state index in [1.165, 1.54) is 5.56 Å². The van der Waals surface area contributed by atoms with Crippen LogP contribution in [-0.2, 0) is 6.54 Å². The van der Waals surface area contributed by atoms with Crippen LogP contribution in [0.4, 0.5) is 5.69 Å². The molecule has 1 N–H and O–H groups in total. The highest BCUT2D eigenvalue weighted by Gasteiger charge is 2.07. The first-order valence-corrected chi connectivity index (χ1v) is 8.78. The molecule has 1 aromatic heterocycles. The smallest absolute Gasteiger partial charge is 0.0632 e. The summed E-state index contributed by atoms with van der Waals surface area (Å²) in [4.78, 5) is 0. The number of rotatable bonds is 3. The van der Waals surface area contributed by atoms with Crippen molar-refractivity contribution in [1.82, 2.24) is 0 Å². The molecule has 90 valence electrons. The minimum Gasteiger partial charge on any atom is -0.379 e. The van der Waals surface area contributed by atoms with Crippen molar-refractivity contribution in [2.45, 2.75) is 6.54 Å². The van der Waals surface area contributed by atoms with Crippen LogP contribution in [0.3, 0.4) is 0 Å². The average molecular weight is 505 g/mol. The van der Waals surface area contributed by atoms with E-state index in [-0.39, 0.29) is 0 Å². The summed E-state index contributed by atoms with van der Waals surface area (Å²) in [5.74, 6) is 0. The van der Waals surface area contributed by atoms with Gasteiger partial charge >= 0.3 is 0 Å². The predicted molar refractivity (Wildman–Crippen MR) is 88.9 cm³/mol. The van der Waals surface area contributed by atoms with Crippen LogP contribution < -0.4 is 5.32 Å². The monoisotopic (exact) mass is 501 g/mol. The Hall–Kier alpha value is 0.640. The molecule has 0 aliphatic carbocycles. The minimum absolute atomic E-state index is 0.795. The molecule has 0 radical (unpaired) electrons. The number of thiophene rings is 1. The maximum absolute atomic E-state index is 3.55. The van der Waals surface area contributed by atoms with E-state index in [2.05, 4.69) is 79.8 Å². The fourth-order valence-electron chi connectivity index (χ4n) is 1.33. The SMILES string of the molecule is Brc1cc(Br)c(NCc2cscc2Br)c(Br)c1. The van der Waals surface area contributed by atoms with Gasteiger partial charge in [-0.1, -0.05) is 15.9 Å². The van der Waals surface area contributed by atoms with Crippen LogP contribution in [0.2, 0.25) is 0 Å². The molecule has 1 aromatic carbocycles. The first kappa shape index (κ1) is 14.1. The topological polar surface area (TPSA) is 12.0 Å². The van der Waals surface area contributed by atoms with Crippen molar-refractivity contribution in [2.24, 2.45) is 0 Å². The number of hydrogen-bond donors (Lipinski definition) is 1. The largest absolute Gasteiger partial charge is 0.379 e. The summed E-state index contributed by atoms with van der Waals surface area (Å²) in [6, 6.07) is 4.05. The molecule has 17 heavy (non-hydrogen) atoms.